The Bertz CT molecular complexity index is 211. The van der Waals surface area contributed by atoms with Gasteiger partial charge in [-0.15, -0.1) is 0 Å². The second kappa shape index (κ2) is 6.62. The fourth-order valence-corrected chi connectivity index (χ4v) is 1.90. The van der Waals surface area contributed by atoms with E-state index in [-0.39, 0.29) is 5.91 Å². The summed E-state index contributed by atoms with van der Waals surface area (Å²) in [4.78, 5) is 10.8. The molecule has 0 aromatic carbocycles. The van der Waals surface area contributed by atoms with Gasteiger partial charge in [0.05, 0.1) is 26.2 Å². The molecule has 0 fully saturated rings. The molecule has 0 rings (SSSR count). The first-order chi connectivity index (χ1) is 7.01. The molecule has 15 heavy (non-hydrogen) atoms. The van der Waals surface area contributed by atoms with Crippen molar-refractivity contribution in [1.29, 1.82) is 0 Å². The molecule has 0 saturated carbocycles. The van der Waals surface area contributed by atoms with Gasteiger partial charge in [0.1, 0.15) is 0 Å². The van der Waals surface area contributed by atoms with Crippen molar-refractivity contribution >= 4 is 5.91 Å². The monoisotopic (exact) mass is 213 g/mol. The zero-order chi connectivity index (χ0) is 11.9. The summed E-state index contributed by atoms with van der Waals surface area (Å²) in [5, 5.41) is 0. The molecule has 0 bridgehead atoms. The molecule has 0 aliphatic heterocycles. The van der Waals surface area contributed by atoms with Crippen molar-refractivity contribution < 1.29 is 9.28 Å². The highest BCUT2D eigenvalue weighted by molar-refractivity contribution is 5.91. The van der Waals surface area contributed by atoms with E-state index in [1.165, 1.54) is 0 Å². The fourth-order valence-electron chi connectivity index (χ4n) is 1.90. The van der Waals surface area contributed by atoms with Crippen molar-refractivity contribution in [2.24, 2.45) is 5.73 Å². The minimum absolute atomic E-state index is 0.363. The molecule has 0 radical (unpaired) electrons. The molecular formula is C12H25N2O+. The van der Waals surface area contributed by atoms with Crippen LogP contribution in [0.2, 0.25) is 0 Å². The van der Waals surface area contributed by atoms with Crippen LogP contribution >= 0.6 is 0 Å². The Labute approximate surface area is 93.5 Å². The van der Waals surface area contributed by atoms with E-state index in [1.807, 2.05) is 0 Å². The lowest BCUT2D eigenvalue weighted by Crippen LogP contribution is -2.48. The number of carbonyl (C=O) groups excluding carboxylic acids is 1. The molecule has 0 unspecified atom stereocenters. The SMILES string of the molecule is C=C(CCC[N+](CC)(CC)CC)C(N)=O. The molecule has 0 aromatic rings. The highest BCUT2D eigenvalue weighted by Crippen LogP contribution is 2.10. The summed E-state index contributed by atoms with van der Waals surface area (Å²) < 4.78 is 1.12. The number of rotatable bonds is 8. The van der Waals surface area contributed by atoms with Crippen LogP contribution in [0, 0.1) is 0 Å². The molecule has 0 aliphatic carbocycles. The summed E-state index contributed by atoms with van der Waals surface area (Å²) in [6, 6.07) is 0. The Kier molecular flexibility index (Phi) is 6.25. The van der Waals surface area contributed by atoms with E-state index in [1.54, 1.807) is 0 Å². The first-order valence-corrected chi connectivity index (χ1v) is 5.84. The zero-order valence-electron chi connectivity index (χ0n) is 10.4. The number of quaternary nitrogens is 1. The van der Waals surface area contributed by atoms with Crippen molar-refractivity contribution in [2.45, 2.75) is 33.6 Å². The normalized spacial score (nSPS) is 11.4. The van der Waals surface area contributed by atoms with Gasteiger partial charge in [0.2, 0.25) is 5.91 Å². The highest BCUT2D eigenvalue weighted by Gasteiger charge is 2.19. The number of nitrogens with two attached hydrogens (primary N) is 1. The topological polar surface area (TPSA) is 43.1 Å². The van der Waals surface area contributed by atoms with Crippen molar-refractivity contribution in [3.63, 3.8) is 0 Å². The van der Waals surface area contributed by atoms with E-state index >= 15 is 0 Å². The van der Waals surface area contributed by atoms with Crippen LogP contribution in [-0.2, 0) is 4.79 Å². The summed E-state index contributed by atoms with van der Waals surface area (Å²) in [5.41, 5.74) is 5.69. The molecule has 0 heterocycles. The van der Waals surface area contributed by atoms with Crippen molar-refractivity contribution in [3.8, 4) is 0 Å². The lowest BCUT2D eigenvalue weighted by atomic mass is 10.1. The van der Waals surface area contributed by atoms with Gasteiger partial charge in [0.25, 0.3) is 0 Å². The minimum atomic E-state index is -0.363. The van der Waals surface area contributed by atoms with E-state index in [9.17, 15) is 4.79 Å². The first-order valence-electron chi connectivity index (χ1n) is 5.84. The maximum absolute atomic E-state index is 10.8. The van der Waals surface area contributed by atoms with Gasteiger partial charge in [-0.25, -0.2) is 0 Å². The van der Waals surface area contributed by atoms with Gasteiger partial charge in [0.15, 0.2) is 0 Å². The number of nitrogens with zero attached hydrogens (tertiary/aromatic N) is 1. The lowest BCUT2D eigenvalue weighted by molar-refractivity contribution is -0.923. The van der Waals surface area contributed by atoms with Gasteiger partial charge < -0.3 is 10.2 Å². The molecule has 3 nitrogen and oxygen atoms in total. The predicted octanol–water partition coefficient (Wildman–Crippen LogP) is 1.68. The third kappa shape index (κ3) is 4.47. The average molecular weight is 213 g/mol. The molecule has 3 heteroatoms. The summed E-state index contributed by atoms with van der Waals surface area (Å²) >= 11 is 0. The van der Waals surface area contributed by atoms with E-state index in [2.05, 4.69) is 27.4 Å². The van der Waals surface area contributed by atoms with E-state index < -0.39 is 0 Å². The number of hydrogen-bond donors (Lipinski definition) is 1. The zero-order valence-corrected chi connectivity index (χ0v) is 10.4. The van der Waals surface area contributed by atoms with Crippen LogP contribution in [0.1, 0.15) is 33.6 Å². The quantitative estimate of drug-likeness (QED) is 0.484. The Balaban J connectivity index is 4.02. The number of amides is 1. The molecule has 0 aromatic heterocycles. The van der Waals surface area contributed by atoms with Crippen LogP contribution in [0.15, 0.2) is 12.2 Å². The van der Waals surface area contributed by atoms with Crippen LogP contribution in [0.5, 0.6) is 0 Å². The maximum atomic E-state index is 10.8. The Morgan fingerprint density at radius 2 is 1.67 bits per heavy atom. The number of primary amides is 1. The van der Waals surface area contributed by atoms with Crippen LogP contribution in [0.4, 0.5) is 0 Å². The van der Waals surface area contributed by atoms with Crippen molar-refractivity contribution in [1.82, 2.24) is 0 Å². The second-order valence-corrected chi connectivity index (χ2v) is 4.09. The number of carbonyl (C=O) groups is 1. The van der Waals surface area contributed by atoms with Gasteiger partial charge in [-0.05, 0) is 27.2 Å². The standard InChI is InChI=1S/C12H24N2O/c1-5-14(6-2,7-3)10-8-9-11(4)12(13)15/h4-10H2,1-3H3,(H-,13,15)/p+1. The van der Waals surface area contributed by atoms with Gasteiger partial charge >= 0.3 is 0 Å². The molecule has 88 valence electrons. The van der Waals surface area contributed by atoms with Crippen molar-refractivity contribution in [2.75, 3.05) is 26.2 Å². The largest absolute Gasteiger partial charge is 0.366 e. The molecule has 0 spiro atoms. The van der Waals surface area contributed by atoms with E-state index in [0.29, 0.717) is 5.57 Å². The maximum Gasteiger partial charge on any atom is 0.244 e. The first kappa shape index (κ1) is 14.2. The average Bonchev–Trinajstić information content (AvgIpc) is 2.24. The molecule has 1 amide bonds. The Morgan fingerprint density at radius 3 is 2.00 bits per heavy atom. The van der Waals surface area contributed by atoms with Gasteiger partial charge in [-0.3, -0.25) is 4.79 Å². The van der Waals surface area contributed by atoms with E-state index in [4.69, 9.17) is 5.73 Å². The van der Waals surface area contributed by atoms with Crippen molar-refractivity contribution in [3.05, 3.63) is 12.2 Å². The van der Waals surface area contributed by atoms with Gasteiger partial charge in [-0.2, -0.15) is 0 Å². The molecule has 2 N–H and O–H groups in total. The summed E-state index contributed by atoms with van der Waals surface area (Å²) in [5.74, 6) is -0.363. The minimum Gasteiger partial charge on any atom is -0.366 e. The van der Waals surface area contributed by atoms with Crippen LogP contribution in [0.3, 0.4) is 0 Å². The van der Waals surface area contributed by atoms with Crippen LogP contribution < -0.4 is 5.73 Å². The fraction of sp³-hybridized carbons (Fsp3) is 0.750. The highest BCUT2D eigenvalue weighted by atomic mass is 16.1. The van der Waals surface area contributed by atoms with E-state index in [0.717, 1.165) is 43.5 Å². The van der Waals surface area contributed by atoms with Gasteiger partial charge in [-0.1, -0.05) is 6.58 Å². The summed E-state index contributed by atoms with van der Waals surface area (Å²) in [6.45, 7) is 14.9. The molecule has 0 aliphatic rings. The van der Waals surface area contributed by atoms with Gasteiger partial charge in [0, 0.05) is 12.0 Å². The smallest absolute Gasteiger partial charge is 0.244 e. The number of hydrogen-bond acceptors (Lipinski definition) is 1. The third-order valence-electron chi connectivity index (χ3n) is 3.47. The van der Waals surface area contributed by atoms with Crippen LogP contribution in [-0.4, -0.2) is 36.6 Å². The molecule has 0 atom stereocenters. The third-order valence-corrected chi connectivity index (χ3v) is 3.47. The lowest BCUT2D eigenvalue weighted by Gasteiger charge is -2.35. The molecule has 0 saturated heterocycles. The second-order valence-electron chi connectivity index (χ2n) is 4.09. The Morgan fingerprint density at radius 1 is 1.20 bits per heavy atom. The summed E-state index contributed by atoms with van der Waals surface area (Å²) in [6.07, 6.45) is 1.73. The molecular weight excluding hydrogens is 188 g/mol. The summed E-state index contributed by atoms with van der Waals surface area (Å²) in [7, 11) is 0. The van der Waals surface area contributed by atoms with Crippen LogP contribution in [0.25, 0.3) is 0 Å². The predicted molar refractivity (Wildman–Crippen MR) is 64.3 cm³/mol. The Hall–Kier alpha value is -0.830.